The van der Waals surface area contributed by atoms with Crippen LogP contribution in [0.4, 0.5) is 0 Å². The molecule has 27 heavy (non-hydrogen) atoms. The maximum absolute atomic E-state index is 11.2. The van der Waals surface area contributed by atoms with Crippen LogP contribution in [0.15, 0.2) is 12.2 Å². The minimum Gasteiger partial charge on any atom is -0.462 e. The van der Waals surface area contributed by atoms with Crippen molar-refractivity contribution in [1.29, 1.82) is 0 Å². The number of unbranched alkanes of at least 4 members (excludes halogenated alkanes) is 14. The van der Waals surface area contributed by atoms with Gasteiger partial charge in [-0.2, -0.15) is 0 Å². The van der Waals surface area contributed by atoms with Gasteiger partial charge in [0.15, 0.2) is 0 Å². The average molecular weight is 382 g/mol. The molecule has 0 aliphatic rings. The van der Waals surface area contributed by atoms with Crippen LogP contribution in [0.25, 0.3) is 0 Å². The first-order valence-corrected chi connectivity index (χ1v) is 11.7. The van der Waals surface area contributed by atoms with Gasteiger partial charge in [0, 0.05) is 5.57 Å². The van der Waals surface area contributed by atoms with Crippen molar-refractivity contribution in [2.75, 3.05) is 19.7 Å². The molecule has 0 saturated heterocycles. The van der Waals surface area contributed by atoms with Gasteiger partial charge in [-0.15, -0.1) is 0 Å². The van der Waals surface area contributed by atoms with E-state index in [-0.39, 0.29) is 5.97 Å². The van der Waals surface area contributed by atoms with E-state index >= 15 is 0 Å². The van der Waals surface area contributed by atoms with Crippen LogP contribution in [0.3, 0.4) is 0 Å². The minimum atomic E-state index is -0.255. The fraction of sp³-hybridized carbons (Fsp3) is 0.875. The molecule has 0 aromatic rings. The Bertz CT molecular complexity index is 341. The van der Waals surface area contributed by atoms with E-state index in [1.807, 2.05) is 0 Å². The molecule has 0 bridgehead atoms. The van der Waals surface area contributed by atoms with Crippen LogP contribution in [-0.2, 0) is 9.53 Å². The van der Waals surface area contributed by atoms with Gasteiger partial charge in [0.1, 0.15) is 0 Å². The quantitative estimate of drug-likeness (QED) is 0.133. The van der Waals surface area contributed by atoms with Gasteiger partial charge in [0.2, 0.25) is 0 Å². The maximum atomic E-state index is 11.2. The van der Waals surface area contributed by atoms with Crippen LogP contribution < -0.4 is 5.32 Å². The highest BCUT2D eigenvalue weighted by molar-refractivity contribution is 5.86. The number of hydrogen-bond donors (Lipinski definition) is 1. The van der Waals surface area contributed by atoms with Crippen LogP contribution in [-0.4, -0.2) is 25.7 Å². The van der Waals surface area contributed by atoms with Crippen molar-refractivity contribution in [3.63, 3.8) is 0 Å². The van der Waals surface area contributed by atoms with E-state index in [1.165, 1.54) is 103 Å². The van der Waals surface area contributed by atoms with E-state index in [0.717, 1.165) is 12.8 Å². The Morgan fingerprint density at radius 3 is 1.56 bits per heavy atom. The average Bonchev–Trinajstić information content (AvgIpc) is 2.66. The van der Waals surface area contributed by atoms with Gasteiger partial charge in [-0.25, -0.2) is 4.79 Å². The molecule has 0 heterocycles. The molecule has 0 spiro atoms. The largest absolute Gasteiger partial charge is 0.462 e. The summed E-state index contributed by atoms with van der Waals surface area (Å²) in [4.78, 5) is 11.2. The Labute approximate surface area is 169 Å². The lowest BCUT2D eigenvalue weighted by Gasteiger charge is -2.05. The van der Waals surface area contributed by atoms with Gasteiger partial charge in [0.05, 0.1) is 6.61 Å². The van der Waals surface area contributed by atoms with Crippen molar-refractivity contribution in [2.24, 2.45) is 0 Å². The number of nitrogens with one attached hydrogen (secondary N) is 1. The van der Waals surface area contributed by atoms with Crippen molar-refractivity contribution >= 4 is 5.97 Å². The summed E-state index contributed by atoms with van der Waals surface area (Å²) in [6.45, 7) is 10.5. The molecule has 3 heteroatoms. The third kappa shape index (κ3) is 21.3. The summed E-state index contributed by atoms with van der Waals surface area (Å²) in [5.74, 6) is -0.255. The number of hydrogen-bond acceptors (Lipinski definition) is 3. The monoisotopic (exact) mass is 381 g/mol. The molecule has 0 aliphatic carbocycles. The summed E-state index contributed by atoms with van der Waals surface area (Å²) in [5, 5.41) is 3.52. The highest BCUT2D eigenvalue weighted by Gasteiger charge is 2.01. The summed E-state index contributed by atoms with van der Waals surface area (Å²) in [6.07, 6.45) is 21.3. The van der Waals surface area contributed by atoms with Gasteiger partial charge in [0.25, 0.3) is 0 Å². The fourth-order valence-corrected chi connectivity index (χ4v) is 3.19. The maximum Gasteiger partial charge on any atom is 0.333 e. The molecule has 0 unspecified atom stereocenters. The van der Waals surface area contributed by atoms with E-state index in [9.17, 15) is 4.79 Å². The molecule has 0 fully saturated rings. The highest BCUT2D eigenvalue weighted by Crippen LogP contribution is 2.13. The Balaban J connectivity index is 3.05. The molecular formula is C24H47NO2. The Hall–Kier alpha value is -0.830. The van der Waals surface area contributed by atoms with Crippen molar-refractivity contribution < 1.29 is 9.53 Å². The zero-order valence-electron chi connectivity index (χ0n) is 18.5. The second-order valence-corrected chi connectivity index (χ2v) is 7.97. The predicted molar refractivity (Wildman–Crippen MR) is 118 cm³/mol. The topological polar surface area (TPSA) is 38.3 Å². The van der Waals surface area contributed by atoms with Crippen LogP contribution in [0.2, 0.25) is 0 Å². The Kier molecular flexibility index (Phi) is 20.8. The minimum absolute atomic E-state index is 0.255. The van der Waals surface area contributed by atoms with Crippen molar-refractivity contribution in [1.82, 2.24) is 5.32 Å². The molecule has 0 amide bonds. The lowest BCUT2D eigenvalue weighted by Crippen LogP contribution is -2.16. The molecule has 160 valence electrons. The number of carbonyl (C=O) groups is 1. The van der Waals surface area contributed by atoms with Gasteiger partial charge in [-0.3, -0.25) is 0 Å². The third-order valence-electron chi connectivity index (χ3n) is 5.04. The highest BCUT2D eigenvalue weighted by atomic mass is 16.5. The normalized spacial score (nSPS) is 10.9. The second-order valence-electron chi connectivity index (χ2n) is 7.97. The Morgan fingerprint density at radius 1 is 0.704 bits per heavy atom. The Morgan fingerprint density at radius 2 is 1.11 bits per heavy atom. The van der Waals surface area contributed by atoms with Crippen LogP contribution in [0.1, 0.15) is 117 Å². The molecule has 1 N–H and O–H groups in total. The summed E-state index contributed by atoms with van der Waals surface area (Å²) in [6, 6.07) is 0. The number of esters is 1. The van der Waals surface area contributed by atoms with E-state index in [2.05, 4.69) is 18.8 Å². The summed E-state index contributed by atoms with van der Waals surface area (Å²) < 4.78 is 5.10. The first-order valence-electron chi connectivity index (χ1n) is 11.7. The summed E-state index contributed by atoms with van der Waals surface area (Å²) in [5.41, 5.74) is 0.491. The first-order chi connectivity index (χ1) is 13.2. The lowest BCUT2D eigenvalue weighted by atomic mass is 10.0. The van der Waals surface area contributed by atoms with E-state index < -0.39 is 0 Å². The summed E-state index contributed by atoms with van der Waals surface area (Å²) >= 11 is 0. The predicted octanol–water partition coefficient (Wildman–Crippen LogP) is 6.96. The number of ether oxygens (including phenoxy) is 1. The molecule has 0 radical (unpaired) electrons. The first kappa shape index (κ1) is 26.2. The van der Waals surface area contributed by atoms with Gasteiger partial charge >= 0.3 is 5.97 Å². The van der Waals surface area contributed by atoms with Crippen LogP contribution in [0, 0.1) is 0 Å². The molecule has 0 aromatic carbocycles. The van der Waals surface area contributed by atoms with Crippen molar-refractivity contribution in [3.8, 4) is 0 Å². The molecule has 0 aliphatic heterocycles. The second kappa shape index (κ2) is 21.5. The van der Waals surface area contributed by atoms with E-state index in [4.69, 9.17) is 4.74 Å². The number of rotatable bonds is 21. The zero-order valence-corrected chi connectivity index (χ0v) is 18.5. The smallest absolute Gasteiger partial charge is 0.333 e. The van der Waals surface area contributed by atoms with Crippen LogP contribution >= 0.6 is 0 Å². The van der Waals surface area contributed by atoms with E-state index in [1.54, 1.807) is 6.92 Å². The van der Waals surface area contributed by atoms with Crippen molar-refractivity contribution in [2.45, 2.75) is 117 Å². The third-order valence-corrected chi connectivity index (χ3v) is 5.04. The fourth-order valence-electron chi connectivity index (χ4n) is 3.19. The SMILES string of the molecule is C=C(C)C(=O)OCCCCCCCCCCCCCCCCNCCCC. The molecule has 0 saturated carbocycles. The van der Waals surface area contributed by atoms with Gasteiger partial charge in [-0.1, -0.05) is 97.0 Å². The van der Waals surface area contributed by atoms with Gasteiger partial charge in [-0.05, 0) is 39.3 Å². The molecule has 3 nitrogen and oxygen atoms in total. The summed E-state index contributed by atoms with van der Waals surface area (Å²) in [7, 11) is 0. The van der Waals surface area contributed by atoms with E-state index in [0.29, 0.717) is 12.2 Å². The lowest BCUT2D eigenvalue weighted by molar-refractivity contribution is -0.139. The molecular weight excluding hydrogens is 334 g/mol. The molecule has 0 aromatic heterocycles. The number of carbonyl (C=O) groups excluding carboxylic acids is 1. The van der Waals surface area contributed by atoms with Crippen molar-refractivity contribution in [3.05, 3.63) is 12.2 Å². The molecule has 0 atom stereocenters. The zero-order chi connectivity index (χ0) is 20.0. The van der Waals surface area contributed by atoms with Gasteiger partial charge < -0.3 is 10.1 Å². The standard InChI is InChI=1S/C24H47NO2/c1-4-5-20-25-21-18-16-14-12-10-8-6-7-9-11-13-15-17-19-22-27-24(26)23(2)3/h25H,2,4-22H2,1,3H3. The molecule has 0 rings (SSSR count). The van der Waals surface area contributed by atoms with Crippen LogP contribution in [0.5, 0.6) is 0 Å².